The minimum absolute atomic E-state index is 0.884. The molecule has 0 aliphatic heterocycles. The Labute approximate surface area is 101 Å². The second-order valence-corrected chi connectivity index (χ2v) is 5.53. The SMILES string of the molecule is Cc1cc(C)c([S@](=O)[C]2[CH][CH][CH][CH]2)c(C)c1. The van der Waals surface area contributed by atoms with Crippen LogP contribution in [0.15, 0.2) is 17.0 Å². The van der Waals surface area contributed by atoms with Gasteiger partial charge in [0.05, 0.1) is 16.0 Å². The average molecular weight is 231 g/mol. The Morgan fingerprint density at radius 2 is 1.44 bits per heavy atom. The first-order valence-corrected chi connectivity index (χ1v) is 6.46. The summed E-state index contributed by atoms with van der Waals surface area (Å²) in [5, 5.41) is 0.884. The lowest BCUT2D eigenvalue weighted by atomic mass is 10.1. The van der Waals surface area contributed by atoms with Crippen LogP contribution in [0.5, 0.6) is 0 Å². The molecule has 1 aliphatic rings. The van der Waals surface area contributed by atoms with E-state index < -0.39 is 10.8 Å². The zero-order valence-corrected chi connectivity index (χ0v) is 10.6. The molecule has 0 spiro atoms. The van der Waals surface area contributed by atoms with Crippen LogP contribution in [0.4, 0.5) is 0 Å². The summed E-state index contributed by atoms with van der Waals surface area (Å²) in [4.78, 5) is 0.955. The fraction of sp³-hybridized carbons (Fsp3) is 0.214. The molecule has 1 atom stereocenters. The summed E-state index contributed by atoms with van der Waals surface area (Å²) in [6, 6.07) is 4.17. The van der Waals surface area contributed by atoms with E-state index >= 15 is 0 Å². The molecule has 0 amide bonds. The van der Waals surface area contributed by atoms with Gasteiger partial charge in [-0.15, -0.1) is 0 Å². The highest BCUT2D eigenvalue weighted by Gasteiger charge is 2.26. The minimum atomic E-state index is -1.05. The molecule has 16 heavy (non-hydrogen) atoms. The van der Waals surface area contributed by atoms with Crippen molar-refractivity contribution in [2.75, 3.05) is 0 Å². The summed E-state index contributed by atoms with van der Waals surface area (Å²) in [7, 11) is -1.05. The lowest BCUT2D eigenvalue weighted by Crippen LogP contribution is -2.06. The van der Waals surface area contributed by atoms with E-state index in [1.54, 1.807) is 0 Å². The van der Waals surface area contributed by atoms with Gasteiger partial charge in [-0.1, -0.05) is 17.7 Å². The van der Waals surface area contributed by atoms with Crippen molar-refractivity contribution in [3.05, 3.63) is 59.8 Å². The highest BCUT2D eigenvalue weighted by molar-refractivity contribution is 7.88. The topological polar surface area (TPSA) is 17.1 Å². The van der Waals surface area contributed by atoms with Gasteiger partial charge in [0.15, 0.2) is 0 Å². The first-order valence-electron chi connectivity index (χ1n) is 5.31. The average Bonchev–Trinajstić information content (AvgIpc) is 2.67. The van der Waals surface area contributed by atoms with E-state index in [1.807, 2.05) is 39.5 Å². The molecule has 5 radical (unpaired) electrons. The van der Waals surface area contributed by atoms with Gasteiger partial charge in [0, 0.05) is 4.90 Å². The monoisotopic (exact) mass is 231 g/mol. The largest absolute Gasteiger partial charge is 0.254 e. The van der Waals surface area contributed by atoms with Gasteiger partial charge in [-0.25, -0.2) is 0 Å². The van der Waals surface area contributed by atoms with Crippen molar-refractivity contribution in [1.82, 2.24) is 0 Å². The van der Waals surface area contributed by atoms with Crippen molar-refractivity contribution < 1.29 is 4.21 Å². The van der Waals surface area contributed by atoms with Crippen LogP contribution in [-0.4, -0.2) is 4.21 Å². The first-order chi connectivity index (χ1) is 7.59. The molecule has 2 heteroatoms. The fourth-order valence-electron chi connectivity index (χ4n) is 2.06. The number of hydrogen-bond donors (Lipinski definition) is 0. The smallest absolute Gasteiger partial charge is 0.0754 e. The predicted molar refractivity (Wildman–Crippen MR) is 67.5 cm³/mol. The molecule has 0 heterocycles. The lowest BCUT2D eigenvalue weighted by Gasteiger charge is -2.14. The molecule has 1 fully saturated rings. The van der Waals surface area contributed by atoms with Gasteiger partial charge in [-0.2, -0.15) is 0 Å². The fourth-order valence-corrected chi connectivity index (χ4v) is 3.40. The molecule has 1 aromatic rings. The van der Waals surface area contributed by atoms with Crippen LogP contribution in [0.2, 0.25) is 0 Å². The Balaban J connectivity index is 2.35. The molecule has 0 unspecified atom stereocenters. The van der Waals surface area contributed by atoms with Crippen LogP contribution in [0.1, 0.15) is 16.7 Å². The van der Waals surface area contributed by atoms with Gasteiger partial charge in [-0.3, -0.25) is 4.21 Å². The van der Waals surface area contributed by atoms with E-state index in [-0.39, 0.29) is 0 Å². The third kappa shape index (κ3) is 2.22. The summed E-state index contributed by atoms with van der Waals surface area (Å²) in [6.45, 7) is 6.11. The van der Waals surface area contributed by atoms with E-state index in [2.05, 4.69) is 19.1 Å². The van der Waals surface area contributed by atoms with Crippen molar-refractivity contribution in [3.63, 3.8) is 0 Å². The van der Waals surface area contributed by atoms with E-state index in [1.165, 1.54) is 5.56 Å². The van der Waals surface area contributed by atoms with Crippen molar-refractivity contribution in [2.45, 2.75) is 25.7 Å². The molecule has 83 valence electrons. The zero-order valence-electron chi connectivity index (χ0n) is 9.78. The molecule has 0 N–H and O–H groups in total. The Morgan fingerprint density at radius 1 is 0.938 bits per heavy atom. The maximum absolute atomic E-state index is 12.4. The van der Waals surface area contributed by atoms with E-state index in [0.29, 0.717) is 0 Å². The van der Waals surface area contributed by atoms with Crippen LogP contribution in [-0.2, 0) is 10.8 Å². The van der Waals surface area contributed by atoms with Crippen LogP contribution in [0.3, 0.4) is 0 Å². The first kappa shape index (κ1) is 11.8. The van der Waals surface area contributed by atoms with Crippen LogP contribution < -0.4 is 0 Å². The summed E-state index contributed by atoms with van der Waals surface area (Å²) in [5.74, 6) is 0. The van der Waals surface area contributed by atoms with Gasteiger partial charge < -0.3 is 0 Å². The second-order valence-electron chi connectivity index (χ2n) is 4.12. The Hall–Kier alpha value is -0.630. The van der Waals surface area contributed by atoms with E-state index in [4.69, 9.17) is 0 Å². The van der Waals surface area contributed by atoms with Crippen molar-refractivity contribution in [1.29, 1.82) is 0 Å². The Morgan fingerprint density at radius 3 is 1.94 bits per heavy atom. The number of hydrogen-bond acceptors (Lipinski definition) is 1. The number of rotatable bonds is 2. The van der Waals surface area contributed by atoms with Crippen molar-refractivity contribution in [2.24, 2.45) is 0 Å². The quantitative estimate of drug-likeness (QED) is 0.764. The highest BCUT2D eigenvalue weighted by Crippen LogP contribution is 2.33. The zero-order chi connectivity index (χ0) is 11.7. The molecule has 0 bridgehead atoms. The number of aryl methyl sites for hydroxylation is 3. The van der Waals surface area contributed by atoms with Crippen molar-refractivity contribution >= 4 is 10.8 Å². The third-order valence-corrected chi connectivity index (χ3v) is 4.35. The standard InChI is InChI=1S/C14H15OS/c1-10-8-11(2)14(12(3)9-10)16(15)13-6-4-5-7-13/h4-9H,1-3H3/t16-/m1/s1. The molecular formula is C14H15OS. The molecule has 0 saturated heterocycles. The second kappa shape index (κ2) is 4.70. The summed E-state index contributed by atoms with van der Waals surface area (Å²) in [6.07, 6.45) is 7.67. The third-order valence-electron chi connectivity index (χ3n) is 2.64. The van der Waals surface area contributed by atoms with Gasteiger partial charge in [0.1, 0.15) is 0 Å². The van der Waals surface area contributed by atoms with Gasteiger partial charge in [-0.05, 0) is 57.6 Å². The van der Waals surface area contributed by atoms with Crippen LogP contribution in [0, 0.1) is 51.7 Å². The van der Waals surface area contributed by atoms with Gasteiger partial charge in [0.25, 0.3) is 0 Å². The molecule has 2 rings (SSSR count). The molecule has 1 saturated carbocycles. The maximum Gasteiger partial charge on any atom is 0.0754 e. The van der Waals surface area contributed by atoms with Crippen LogP contribution in [0.25, 0.3) is 0 Å². The lowest BCUT2D eigenvalue weighted by molar-refractivity contribution is 0.684. The molecule has 1 aromatic carbocycles. The van der Waals surface area contributed by atoms with E-state index in [9.17, 15) is 4.21 Å². The molecular weight excluding hydrogens is 216 g/mol. The number of benzene rings is 1. The summed E-state index contributed by atoms with van der Waals surface area (Å²) in [5.41, 5.74) is 3.44. The normalized spacial score (nSPS) is 18.9. The van der Waals surface area contributed by atoms with Gasteiger partial charge in [0.2, 0.25) is 0 Å². The maximum atomic E-state index is 12.4. The van der Waals surface area contributed by atoms with Crippen molar-refractivity contribution in [3.8, 4) is 0 Å². The molecule has 1 aliphatic carbocycles. The molecule has 1 nitrogen and oxygen atoms in total. The van der Waals surface area contributed by atoms with E-state index in [0.717, 1.165) is 21.3 Å². The Kier molecular flexibility index (Phi) is 3.48. The molecule has 0 aromatic heterocycles. The predicted octanol–water partition coefficient (Wildman–Crippen LogP) is 3.08. The van der Waals surface area contributed by atoms with Crippen LogP contribution >= 0.6 is 0 Å². The minimum Gasteiger partial charge on any atom is -0.254 e. The Bertz CT molecular complexity index is 394. The van der Waals surface area contributed by atoms with Gasteiger partial charge >= 0.3 is 0 Å². The highest BCUT2D eigenvalue weighted by atomic mass is 32.2. The summed E-state index contributed by atoms with van der Waals surface area (Å²) < 4.78 is 12.4. The summed E-state index contributed by atoms with van der Waals surface area (Å²) >= 11 is 0.